The molecule has 0 aliphatic heterocycles. The minimum atomic E-state index is -0.624. The van der Waals surface area contributed by atoms with E-state index in [1.807, 2.05) is 25.1 Å². The van der Waals surface area contributed by atoms with Gasteiger partial charge in [-0.25, -0.2) is 4.79 Å². The number of rotatable bonds is 6. The van der Waals surface area contributed by atoms with Crippen LogP contribution in [0.5, 0.6) is 5.75 Å². The van der Waals surface area contributed by atoms with Crippen molar-refractivity contribution in [2.75, 3.05) is 6.61 Å². The number of carbonyl (C=O) groups excluding carboxylic acids is 1. The van der Waals surface area contributed by atoms with Crippen molar-refractivity contribution in [2.45, 2.75) is 20.3 Å². The number of hydrogen-bond donors (Lipinski definition) is 1. The van der Waals surface area contributed by atoms with Gasteiger partial charge in [0, 0.05) is 18.0 Å². The van der Waals surface area contributed by atoms with E-state index in [4.69, 9.17) is 15.3 Å². The third kappa shape index (κ3) is 4.81. The van der Waals surface area contributed by atoms with E-state index in [1.165, 1.54) is 5.56 Å². The lowest BCUT2D eigenvalue weighted by atomic mass is 10.1. The Balaban J connectivity index is 1.88. The molecule has 2 rings (SSSR count). The highest BCUT2D eigenvalue weighted by Gasteiger charge is 2.07. The zero-order valence-corrected chi connectivity index (χ0v) is 13.2. The number of oxime groups is 1. The van der Waals surface area contributed by atoms with Gasteiger partial charge in [-0.05, 0) is 42.7 Å². The fourth-order valence-corrected chi connectivity index (χ4v) is 1.93. The van der Waals surface area contributed by atoms with Crippen LogP contribution in [0.4, 0.5) is 0 Å². The molecule has 0 saturated carbocycles. The molecule has 0 radical (unpaired) electrons. The fourth-order valence-electron chi connectivity index (χ4n) is 1.93. The van der Waals surface area contributed by atoms with Crippen LogP contribution in [-0.4, -0.2) is 23.4 Å². The van der Waals surface area contributed by atoms with Gasteiger partial charge < -0.3 is 15.3 Å². The van der Waals surface area contributed by atoms with Crippen molar-refractivity contribution in [3.8, 4) is 5.75 Å². The molecule has 6 heteroatoms. The molecule has 0 aliphatic carbocycles. The minimum absolute atomic E-state index is 0.101. The lowest BCUT2D eigenvalue weighted by Gasteiger charge is -2.09. The van der Waals surface area contributed by atoms with Crippen molar-refractivity contribution in [1.82, 2.24) is 4.98 Å². The molecule has 120 valence electrons. The van der Waals surface area contributed by atoms with Crippen molar-refractivity contribution in [3.63, 3.8) is 0 Å². The monoisotopic (exact) mass is 313 g/mol. The van der Waals surface area contributed by atoms with Crippen LogP contribution < -0.4 is 10.5 Å². The van der Waals surface area contributed by atoms with Crippen molar-refractivity contribution in [1.29, 1.82) is 0 Å². The molecule has 0 fully saturated rings. The third-order valence-electron chi connectivity index (χ3n) is 3.22. The van der Waals surface area contributed by atoms with Gasteiger partial charge >= 0.3 is 5.97 Å². The van der Waals surface area contributed by atoms with E-state index in [9.17, 15) is 4.79 Å². The summed E-state index contributed by atoms with van der Waals surface area (Å²) in [7, 11) is 0. The largest absolute Gasteiger partial charge is 0.482 e. The van der Waals surface area contributed by atoms with Crippen LogP contribution in [0.2, 0.25) is 0 Å². The van der Waals surface area contributed by atoms with Crippen LogP contribution in [0, 0.1) is 6.92 Å². The predicted molar refractivity (Wildman–Crippen MR) is 87.1 cm³/mol. The number of ether oxygens (including phenoxy) is 1. The highest BCUT2D eigenvalue weighted by Crippen LogP contribution is 2.19. The molecule has 0 aliphatic rings. The third-order valence-corrected chi connectivity index (χ3v) is 3.22. The first-order valence-electron chi connectivity index (χ1n) is 7.26. The average molecular weight is 313 g/mol. The first-order valence-corrected chi connectivity index (χ1v) is 7.26. The lowest BCUT2D eigenvalue weighted by molar-refractivity contribution is -0.146. The quantitative estimate of drug-likeness (QED) is 0.382. The van der Waals surface area contributed by atoms with Gasteiger partial charge in [0.25, 0.3) is 0 Å². The summed E-state index contributed by atoms with van der Waals surface area (Å²) in [6.45, 7) is 3.77. The molecule has 0 atom stereocenters. The van der Waals surface area contributed by atoms with Crippen LogP contribution in [-0.2, 0) is 16.1 Å². The Morgan fingerprint density at radius 3 is 2.65 bits per heavy atom. The van der Waals surface area contributed by atoms with E-state index < -0.39 is 5.97 Å². The average Bonchev–Trinajstić information content (AvgIpc) is 2.59. The summed E-state index contributed by atoms with van der Waals surface area (Å²) in [5.41, 5.74) is 8.52. The van der Waals surface area contributed by atoms with Gasteiger partial charge in [0.2, 0.25) is 0 Å². The number of aromatic nitrogens is 1. The zero-order chi connectivity index (χ0) is 16.7. The van der Waals surface area contributed by atoms with E-state index in [0.717, 1.165) is 12.0 Å². The van der Waals surface area contributed by atoms with Crippen molar-refractivity contribution >= 4 is 11.8 Å². The summed E-state index contributed by atoms with van der Waals surface area (Å²) in [4.78, 5) is 20.3. The van der Waals surface area contributed by atoms with E-state index in [2.05, 4.69) is 17.1 Å². The summed E-state index contributed by atoms with van der Waals surface area (Å²) < 4.78 is 5.44. The smallest absolute Gasteiger partial charge is 0.372 e. The molecule has 0 bridgehead atoms. The molecular weight excluding hydrogens is 294 g/mol. The Morgan fingerprint density at radius 2 is 2.00 bits per heavy atom. The number of nitrogens with zero attached hydrogens (tertiary/aromatic N) is 2. The minimum Gasteiger partial charge on any atom is -0.482 e. The second-order valence-corrected chi connectivity index (χ2v) is 4.92. The second-order valence-electron chi connectivity index (χ2n) is 4.92. The van der Waals surface area contributed by atoms with Gasteiger partial charge in [0.05, 0.1) is 0 Å². The maximum atomic E-state index is 11.7. The Labute approximate surface area is 134 Å². The van der Waals surface area contributed by atoms with Crippen LogP contribution >= 0.6 is 0 Å². The highest BCUT2D eigenvalue weighted by molar-refractivity contribution is 5.97. The van der Waals surface area contributed by atoms with E-state index in [-0.39, 0.29) is 12.4 Å². The van der Waals surface area contributed by atoms with E-state index in [1.54, 1.807) is 24.5 Å². The molecule has 0 amide bonds. The summed E-state index contributed by atoms with van der Waals surface area (Å²) in [5, 5.41) is 3.59. The summed E-state index contributed by atoms with van der Waals surface area (Å²) in [5.74, 6) is 0.121. The van der Waals surface area contributed by atoms with Crippen molar-refractivity contribution in [2.24, 2.45) is 10.9 Å². The molecule has 6 nitrogen and oxygen atoms in total. The Kier molecular flexibility index (Phi) is 5.68. The van der Waals surface area contributed by atoms with Gasteiger partial charge in [-0.2, -0.15) is 0 Å². The van der Waals surface area contributed by atoms with Gasteiger partial charge in [0.15, 0.2) is 12.4 Å². The number of carbonyl (C=O) groups is 1. The molecule has 23 heavy (non-hydrogen) atoms. The molecule has 0 unspecified atom stereocenters. The summed E-state index contributed by atoms with van der Waals surface area (Å²) in [6.07, 6.45) is 4.10. The molecule has 1 aromatic carbocycles. The molecule has 1 aromatic heterocycles. The van der Waals surface area contributed by atoms with Crippen LogP contribution in [0.3, 0.4) is 0 Å². The zero-order valence-electron chi connectivity index (χ0n) is 13.2. The SMILES string of the molecule is CCc1ccc(OCC(=O)O/N=C(\N)c2ccncc2)c(C)c1. The summed E-state index contributed by atoms with van der Waals surface area (Å²) >= 11 is 0. The van der Waals surface area contributed by atoms with Gasteiger partial charge in [-0.3, -0.25) is 4.98 Å². The molecule has 0 spiro atoms. The maximum absolute atomic E-state index is 11.7. The topological polar surface area (TPSA) is 86.8 Å². The number of nitrogens with two attached hydrogens (primary N) is 1. The number of aryl methyl sites for hydroxylation is 2. The molecule has 0 saturated heterocycles. The van der Waals surface area contributed by atoms with Crippen molar-refractivity contribution in [3.05, 3.63) is 59.4 Å². The number of hydrogen-bond acceptors (Lipinski definition) is 5. The Bertz CT molecular complexity index is 699. The number of benzene rings is 1. The fraction of sp³-hybridized carbons (Fsp3) is 0.235. The van der Waals surface area contributed by atoms with E-state index in [0.29, 0.717) is 11.3 Å². The number of pyridine rings is 1. The van der Waals surface area contributed by atoms with Crippen LogP contribution in [0.15, 0.2) is 47.9 Å². The van der Waals surface area contributed by atoms with Crippen LogP contribution in [0.1, 0.15) is 23.6 Å². The lowest BCUT2D eigenvalue weighted by Crippen LogP contribution is -2.18. The first kappa shape index (κ1) is 16.5. The highest BCUT2D eigenvalue weighted by atomic mass is 16.7. The first-order chi connectivity index (χ1) is 11.1. The Hall–Kier alpha value is -2.89. The molecule has 2 aromatic rings. The van der Waals surface area contributed by atoms with E-state index >= 15 is 0 Å². The molecular formula is C17H19N3O3. The normalized spacial score (nSPS) is 11.1. The molecule has 2 N–H and O–H groups in total. The number of amidine groups is 1. The Morgan fingerprint density at radius 1 is 1.26 bits per heavy atom. The van der Waals surface area contributed by atoms with Gasteiger partial charge in [-0.15, -0.1) is 0 Å². The molecule has 1 heterocycles. The second kappa shape index (κ2) is 7.93. The predicted octanol–water partition coefficient (Wildman–Crippen LogP) is 2.19. The standard InChI is InChI=1S/C17H19N3O3/c1-3-13-4-5-15(12(2)10-13)22-11-16(21)23-20-17(18)14-6-8-19-9-7-14/h4-10H,3,11H2,1-2H3,(H2,18,20). The van der Waals surface area contributed by atoms with Crippen LogP contribution in [0.25, 0.3) is 0 Å². The summed E-state index contributed by atoms with van der Waals surface area (Å²) in [6, 6.07) is 9.17. The van der Waals surface area contributed by atoms with Crippen molar-refractivity contribution < 1.29 is 14.4 Å². The maximum Gasteiger partial charge on any atom is 0.372 e. The van der Waals surface area contributed by atoms with Gasteiger partial charge in [-0.1, -0.05) is 24.2 Å². The van der Waals surface area contributed by atoms with Gasteiger partial charge in [0.1, 0.15) is 5.75 Å².